The monoisotopic (exact) mass is 277 g/mol. The molecule has 0 atom stereocenters. The largest absolute Gasteiger partial charge is 0.465 e. The van der Waals surface area contributed by atoms with Crippen LogP contribution in [0.1, 0.15) is 28.9 Å². The van der Waals surface area contributed by atoms with Crippen molar-refractivity contribution in [3.8, 4) is 0 Å². The minimum Gasteiger partial charge on any atom is -0.465 e. The molecule has 7 heteroatoms. The summed E-state index contributed by atoms with van der Waals surface area (Å²) in [6.07, 6.45) is -3.71. The Morgan fingerprint density at radius 2 is 2.16 bits per heavy atom. The number of pyridine rings is 1. The average Bonchev–Trinajstić information content (AvgIpc) is 2.36. The minimum atomic E-state index is -4.18. The predicted octanol–water partition coefficient (Wildman–Crippen LogP) is 2.73. The second-order valence-corrected chi connectivity index (χ2v) is 3.76. The van der Waals surface area contributed by atoms with Crippen molar-refractivity contribution < 1.29 is 27.4 Å². The quantitative estimate of drug-likeness (QED) is 0.592. The van der Waals surface area contributed by atoms with E-state index in [1.165, 1.54) is 19.4 Å². The highest BCUT2D eigenvalue weighted by Gasteiger charge is 2.26. The van der Waals surface area contributed by atoms with Crippen molar-refractivity contribution in [2.75, 3.05) is 13.7 Å². The van der Waals surface area contributed by atoms with Crippen LogP contribution in [0.5, 0.6) is 0 Å². The van der Waals surface area contributed by atoms with Crippen molar-refractivity contribution in [3.63, 3.8) is 0 Å². The normalized spacial score (nSPS) is 11.4. The number of hydrogen-bond acceptors (Lipinski definition) is 4. The molecule has 1 aromatic heterocycles. The van der Waals surface area contributed by atoms with Crippen LogP contribution in [0.15, 0.2) is 18.3 Å². The first kappa shape index (κ1) is 15.4. The van der Waals surface area contributed by atoms with Gasteiger partial charge in [0.1, 0.15) is 0 Å². The number of carbonyl (C=O) groups is 1. The number of nitrogens with zero attached hydrogens (tertiary/aromatic N) is 1. The van der Waals surface area contributed by atoms with Gasteiger partial charge in [0.2, 0.25) is 0 Å². The van der Waals surface area contributed by atoms with Crippen LogP contribution >= 0.6 is 0 Å². The molecule has 0 spiro atoms. The third kappa shape index (κ3) is 5.69. The summed E-state index contributed by atoms with van der Waals surface area (Å²) in [7, 11) is 1.24. The molecule has 0 unspecified atom stereocenters. The van der Waals surface area contributed by atoms with Gasteiger partial charge in [-0.3, -0.25) is 4.98 Å². The number of ether oxygens (including phenoxy) is 2. The Hall–Kier alpha value is -1.63. The molecule has 0 radical (unpaired) electrons. The number of aromatic nitrogens is 1. The fourth-order valence-corrected chi connectivity index (χ4v) is 1.39. The van der Waals surface area contributed by atoms with E-state index in [1.807, 2.05) is 0 Å². The van der Waals surface area contributed by atoms with Gasteiger partial charge in [0.15, 0.2) is 0 Å². The highest BCUT2D eigenvalue weighted by molar-refractivity contribution is 5.90. The van der Waals surface area contributed by atoms with Crippen molar-refractivity contribution in [2.45, 2.75) is 25.6 Å². The van der Waals surface area contributed by atoms with Crippen molar-refractivity contribution in [1.29, 1.82) is 0 Å². The van der Waals surface area contributed by atoms with Crippen molar-refractivity contribution >= 4 is 5.97 Å². The standard InChI is InChI=1S/C12H14F3NO3/c1-18-11(17)9-4-2-6-16-10(9)8-19-7-3-5-12(13,14)15/h2,4,6H,3,5,7-8H2,1H3. The molecule has 1 aromatic rings. The average molecular weight is 277 g/mol. The van der Waals surface area contributed by atoms with Gasteiger partial charge in [-0.05, 0) is 18.6 Å². The summed E-state index contributed by atoms with van der Waals surface area (Å²) in [4.78, 5) is 15.3. The zero-order valence-corrected chi connectivity index (χ0v) is 10.4. The molecule has 0 saturated carbocycles. The molecule has 0 N–H and O–H groups in total. The van der Waals surface area contributed by atoms with Crippen LogP contribution in [0.25, 0.3) is 0 Å². The first-order valence-electron chi connectivity index (χ1n) is 5.61. The zero-order valence-electron chi connectivity index (χ0n) is 10.4. The first-order valence-corrected chi connectivity index (χ1v) is 5.61. The lowest BCUT2D eigenvalue weighted by molar-refractivity contribution is -0.138. The molecule has 19 heavy (non-hydrogen) atoms. The minimum absolute atomic E-state index is 0.0247. The van der Waals surface area contributed by atoms with E-state index in [1.54, 1.807) is 6.07 Å². The van der Waals surface area contributed by atoms with Gasteiger partial charge in [0.05, 0.1) is 25.0 Å². The molecule has 0 saturated heterocycles. The van der Waals surface area contributed by atoms with E-state index in [2.05, 4.69) is 9.72 Å². The number of methoxy groups -OCH3 is 1. The van der Waals surface area contributed by atoms with Gasteiger partial charge in [0, 0.05) is 19.2 Å². The summed E-state index contributed by atoms with van der Waals surface area (Å²) >= 11 is 0. The Morgan fingerprint density at radius 3 is 2.79 bits per heavy atom. The van der Waals surface area contributed by atoms with Crippen molar-refractivity contribution in [2.24, 2.45) is 0 Å². The molecule has 0 aliphatic heterocycles. The summed E-state index contributed by atoms with van der Waals surface area (Å²) in [6, 6.07) is 3.09. The van der Waals surface area contributed by atoms with E-state index in [0.29, 0.717) is 5.69 Å². The topological polar surface area (TPSA) is 48.4 Å². The zero-order chi connectivity index (χ0) is 14.3. The molecule has 0 fully saturated rings. The lowest BCUT2D eigenvalue weighted by Crippen LogP contribution is -2.11. The Labute approximate surface area is 108 Å². The molecule has 0 aromatic carbocycles. The Bertz CT molecular complexity index is 421. The van der Waals surface area contributed by atoms with E-state index in [4.69, 9.17) is 4.74 Å². The molecule has 0 aliphatic rings. The molecule has 1 heterocycles. The summed E-state index contributed by atoms with van der Waals surface area (Å²) in [5.74, 6) is -0.554. The third-order valence-electron chi connectivity index (χ3n) is 2.28. The van der Waals surface area contributed by atoms with Gasteiger partial charge in [-0.1, -0.05) is 0 Å². The molecular weight excluding hydrogens is 263 g/mol. The maximum atomic E-state index is 11.9. The Kier molecular flexibility index (Phi) is 5.75. The molecule has 1 rings (SSSR count). The molecular formula is C12H14F3NO3. The number of alkyl halides is 3. The maximum Gasteiger partial charge on any atom is 0.389 e. The molecule has 0 aliphatic carbocycles. The second kappa shape index (κ2) is 7.08. The van der Waals surface area contributed by atoms with Gasteiger partial charge < -0.3 is 9.47 Å². The lowest BCUT2D eigenvalue weighted by Gasteiger charge is -2.08. The van der Waals surface area contributed by atoms with Crippen LogP contribution in [-0.4, -0.2) is 30.8 Å². The van der Waals surface area contributed by atoms with E-state index < -0.39 is 18.6 Å². The maximum absolute atomic E-state index is 11.9. The lowest BCUT2D eigenvalue weighted by atomic mass is 10.2. The van der Waals surface area contributed by atoms with Gasteiger partial charge >= 0.3 is 12.1 Å². The van der Waals surface area contributed by atoms with E-state index in [0.717, 1.165) is 0 Å². The Morgan fingerprint density at radius 1 is 1.42 bits per heavy atom. The van der Waals surface area contributed by atoms with Crippen LogP contribution in [0.4, 0.5) is 13.2 Å². The second-order valence-electron chi connectivity index (χ2n) is 3.76. The number of carbonyl (C=O) groups excluding carboxylic acids is 1. The highest BCUT2D eigenvalue weighted by atomic mass is 19.4. The van der Waals surface area contributed by atoms with Crippen LogP contribution < -0.4 is 0 Å². The van der Waals surface area contributed by atoms with Crippen LogP contribution in [0, 0.1) is 0 Å². The smallest absolute Gasteiger partial charge is 0.389 e. The van der Waals surface area contributed by atoms with Gasteiger partial charge in [-0.25, -0.2) is 4.79 Å². The molecule has 0 amide bonds. The van der Waals surface area contributed by atoms with E-state index in [-0.39, 0.29) is 25.2 Å². The fraction of sp³-hybridized carbons (Fsp3) is 0.500. The van der Waals surface area contributed by atoms with Crippen molar-refractivity contribution in [3.05, 3.63) is 29.6 Å². The van der Waals surface area contributed by atoms with Crippen molar-refractivity contribution in [1.82, 2.24) is 4.98 Å². The Balaban J connectivity index is 2.43. The molecule has 4 nitrogen and oxygen atoms in total. The number of rotatable bonds is 6. The summed E-state index contributed by atoms with van der Waals surface area (Å²) in [5.41, 5.74) is 0.599. The molecule has 106 valence electrons. The number of hydrogen-bond donors (Lipinski definition) is 0. The van der Waals surface area contributed by atoms with Crippen LogP contribution in [0.2, 0.25) is 0 Å². The summed E-state index contributed by atoms with van der Waals surface area (Å²) in [5, 5.41) is 0. The third-order valence-corrected chi connectivity index (χ3v) is 2.28. The number of halogens is 3. The number of esters is 1. The highest BCUT2D eigenvalue weighted by Crippen LogP contribution is 2.21. The van der Waals surface area contributed by atoms with E-state index >= 15 is 0 Å². The first-order chi connectivity index (χ1) is 8.94. The SMILES string of the molecule is COC(=O)c1cccnc1COCCCC(F)(F)F. The van der Waals surface area contributed by atoms with Gasteiger partial charge in [0.25, 0.3) is 0 Å². The fourth-order valence-electron chi connectivity index (χ4n) is 1.39. The van der Waals surface area contributed by atoms with Gasteiger partial charge in [-0.2, -0.15) is 13.2 Å². The molecule has 0 bridgehead atoms. The van der Waals surface area contributed by atoms with E-state index in [9.17, 15) is 18.0 Å². The van der Waals surface area contributed by atoms with Gasteiger partial charge in [-0.15, -0.1) is 0 Å². The van der Waals surface area contributed by atoms with Crippen LogP contribution in [0.3, 0.4) is 0 Å². The summed E-state index contributed by atoms with van der Waals surface area (Å²) < 4.78 is 45.3. The van der Waals surface area contributed by atoms with Crippen LogP contribution in [-0.2, 0) is 16.1 Å². The predicted molar refractivity (Wildman–Crippen MR) is 60.5 cm³/mol. The summed E-state index contributed by atoms with van der Waals surface area (Å²) in [6.45, 7) is -0.0696.